The summed E-state index contributed by atoms with van der Waals surface area (Å²) >= 11 is 0. The molecule has 0 aromatic heterocycles. The van der Waals surface area contributed by atoms with Crippen LogP contribution in [0, 0.1) is 5.41 Å². The molecule has 2 fully saturated rings. The van der Waals surface area contributed by atoms with Gasteiger partial charge in [-0.1, -0.05) is 66.1 Å². The van der Waals surface area contributed by atoms with Crippen LogP contribution in [-0.4, -0.2) is 67.5 Å². The third-order valence-corrected chi connectivity index (χ3v) is 10.3. The van der Waals surface area contributed by atoms with Crippen molar-refractivity contribution in [2.45, 2.75) is 80.5 Å². The Bertz CT molecular complexity index is 1290. The second kappa shape index (κ2) is 15.6. The second-order valence-corrected chi connectivity index (χ2v) is 13.6. The van der Waals surface area contributed by atoms with E-state index in [0.717, 1.165) is 40.4 Å². The van der Waals surface area contributed by atoms with Crippen molar-refractivity contribution in [3.63, 3.8) is 0 Å². The van der Waals surface area contributed by atoms with Crippen molar-refractivity contribution in [1.82, 2.24) is 15.5 Å². The van der Waals surface area contributed by atoms with E-state index in [4.69, 9.17) is 4.74 Å². The van der Waals surface area contributed by atoms with E-state index in [1.165, 1.54) is 21.6 Å². The Balaban J connectivity index is 1.30. The van der Waals surface area contributed by atoms with Crippen LogP contribution in [0.1, 0.15) is 52.4 Å². The highest BCUT2D eigenvalue weighted by Crippen LogP contribution is 2.45. The van der Waals surface area contributed by atoms with Crippen molar-refractivity contribution < 1.29 is 23.9 Å². The Kier molecular flexibility index (Phi) is 11.9. The first kappa shape index (κ1) is 32.8. The molecule has 0 aliphatic carbocycles. The quantitative estimate of drug-likeness (QED) is 0.136. The number of ether oxygens (including phenoxy) is 1. The minimum atomic E-state index is -0.598. The molecule has 10 nitrogen and oxygen atoms in total. The van der Waals surface area contributed by atoms with Crippen LogP contribution in [0.15, 0.2) is 58.3 Å². The maximum atomic E-state index is 13.6. The molecule has 4 N–H and O–H groups in total. The van der Waals surface area contributed by atoms with Crippen molar-refractivity contribution in [3.05, 3.63) is 48.5 Å². The van der Waals surface area contributed by atoms with Crippen LogP contribution < -0.4 is 21.3 Å². The molecule has 0 saturated carbocycles. The second-order valence-electron chi connectivity index (χ2n) is 11.4. The zero-order valence-electron chi connectivity index (χ0n) is 24.9. The van der Waals surface area contributed by atoms with Gasteiger partial charge in [-0.2, -0.15) is 0 Å². The summed E-state index contributed by atoms with van der Waals surface area (Å²) in [6, 6.07) is 14.6. The van der Waals surface area contributed by atoms with E-state index in [1.807, 2.05) is 53.4 Å². The molecule has 2 aromatic carbocycles. The standard InChI is InChI=1S/C31H41N5O5S2/c1-31(2)18-29-36(30(40)23(16-17-41-29)35-28(39)19-32-3)26(31)14-8-9-15-27(38)34-22-11-5-7-13-25(22)43-42-24-12-6-4-10-21(24)33-20-37/h4-7,10-13,20,23,26,29,32H,8-9,14-19H2,1-3H3,(H,33,37)(H,34,38)(H,35,39)/t23-,26?,29?/m0/s1. The van der Waals surface area contributed by atoms with E-state index in [1.54, 1.807) is 7.05 Å². The molecule has 2 heterocycles. The third-order valence-electron chi connectivity index (χ3n) is 7.81. The Morgan fingerprint density at radius 1 is 1.02 bits per heavy atom. The van der Waals surface area contributed by atoms with Crippen LogP contribution >= 0.6 is 21.6 Å². The number of carbonyl (C=O) groups is 4. The lowest BCUT2D eigenvalue weighted by molar-refractivity contribution is -0.144. The Hall–Kier alpha value is -3.06. The molecule has 4 amide bonds. The van der Waals surface area contributed by atoms with Gasteiger partial charge in [0.15, 0.2) is 0 Å². The van der Waals surface area contributed by atoms with E-state index < -0.39 is 6.04 Å². The monoisotopic (exact) mass is 627 g/mol. The molecule has 232 valence electrons. The topological polar surface area (TPSA) is 129 Å². The lowest BCUT2D eigenvalue weighted by Crippen LogP contribution is -2.53. The fraction of sp³-hybridized carbons (Fsp3) is 0.484. The van der Waals surface area contributed by atoms with Crippen molar-refractivity contribution in [1.29, 1.82) is 0 Å². The molecular weight excluding hydrogens is 587 g/mol. The van der Waals surface area contributed by atoms with E-state index in [2.05, 4.69) is 35.1 Å². The van der Waals surface area contributed by atoms with Crippen LogP contribution in [0.25, 0.3) is 0 Å². The number of carbonyl (C=O) groups excluding carboxylic acids is 4. The van der Waals surface area contributed by atoms with Crippen LogP contribution in [-0.2, 0) is 23.9 Å². The minimum Gasteiger partial charge on any atom is -0.358 e. The summed E-state index contributed by atoms with van der Waals surface area (Å²) in [6.07, 6.45) is 4.13. The summed E-state index contributed by atoms with van der Waals surface area (Å²) in [7, 11) is 4.72. The number of rotatable bonds is 14. The number of hydrogen-bond donors (Lipinski definition) is 4. The molecule has 0 radical (unpaired) electrons. The number of anilines is 2. The number of fused-ring (bicyclic) bond motifs is 1. The predicted octanol–water partition coefficient (Wildman–Crippen LogP) is 4.63. The molecule has 4 rings (SSSR count). The highest BCUT2D eigenvalue weighted by Gasteiger charge is 2.51. The molecule has 3 atom stereocenters. The molecule has 0 bridgehead atoms. The highest BCUT2D eigenvalue weighted by molar-refractivity contribution is 8.76. The molecule has 2 aromatic rings. The first-order valence-corrected chi connectivity index (χ1v) is 16.8. The average molecular weight is 628 g/mol. The lowest BCUT2D eigenvalue weighted by Gasteiger charge is -2.34. The molecule has 12 heteroatoms. The molecule has 2 saturated heterocycles. The maximum Gasteiger partial charge on any atom is 0.247 e. The maximum absolute atomic E-state index is 13.6. The molecular formula is C31H41N5O5S2. The minimum absolute atomic E-state index is 0.0411. The molecule has 2 aliphatic heterocycles. The SMILES string of the molecule is CNCC(=O)N[C@H]1CCOC2CC(C)(C)C(CCCCC(=O)Nc3ccccc3SSc3ccccc3NC=O)N2C1=O. The van der Waals surface area contributed by atoms with E-state index in [0.29, 0.717) is 32.3 Å². The summed E-state index contributed by atoms with van der Waals surface area (Å²) in [5.41, 5.74) is 1.33. The Morgan fingerprint density at radius 3 is 2.40 bits per heavy atom. The average Bonchev–Trinajstić information content (AvgIpc) is 3.14. The zero-order valence-corrected chi connectivity index (χ0v) is 26.5. The largest absolute Gasteiger partial charge is 0.358 e. The lowest BCUT2D eigenvalue weighted by atomic mass is 9.81. The van der Waals surface area contributed by atoms with Gasteiger partial charge in [0.25, 0.3) is 0 Å². The molecule has 2 aliphatic rings. The van der Waals surface area contributed by atoms with Gasteiger partial charge in [0.1, 0.15) is 12.3 Å². The van der Waals surface area contributed by atoms with Gasteiger partial charge >= 0.3 is 0 Å². The van der Waals surface area contributed by atoms with Gasteiger partial charge in [0.05, 0.1) is 24.5 Å². The van der Waals surface area contributed by atoms with Crippen molar-refractivity contribution in [2.24, 2.45) is 5.41 Å². The Morgan fingerprint density at radius 2 is 1.70 bits per heavy atom. The van der Waals surface area contributed by atoms with Crippen LogP contribution in [0.4, 0.5) is 11.4 Å². The van der Waals surface area contributed by atoms with E-state index in [-0.39, 0.29) is 42.0 Å². The van der Waals surface area contributed by atoms with Crippen molar-refractivity contribution in [3.8, 4) is 0 Å². The first-order chi connectivity index (χ1) is 20.7. The van der Waals surface area contributed by atoms with Gasteiger partial charge in [0.2, 0.25) is 24.1 Å². The first-order valence-electron chi connectivity index (χ1n) is 14.6. The number of unbranched alkanes of at least 4 members (excludes halogenated alkanes) is 1. The summed E-state index contributed by atoms with van der Waals surface area (Å²) < 4.78 is 6.08. The molecule has 0 spiro atoms. The van der Waals surface area contributed by atoms with Crippen molar-refractivity contribution >= 4 is 57.1 Å². The van der Waals surface area contributed by atoms with Gasteiger partial charge in [-0.15, -0.1) is 0 Å². The predicted molar refractivity (Wildman–Crippen MR) is 171 cm³/mol. The highest BCUT2D eigenvalue weighted by atomic mass is 33.1. The van der Waals surface area contributed by atoms with Crippen LogP contribution in [0.5, 0.6) is 0 Å². The third kappa shape index (κ3) is 8.75. The van der Waals surface area contributed by atoms with Gasteiger partial charge in [0, 0.05) is 28.7 Å². The fourth-order valence-electron chi connectivity index (χ4n) is 5.68. The number of hydrogen-bond acceptors (Lipinski definition) is 8. The number of para-hydroxylation sites is 2. The van der Waals surface area contributed by atoms with E-state index in [9.17, 15) is 19.2 Å². The van der Waals surface area contributed by atoms with E-state index >= 15 is 0 Å². The van der Waals surface area contributed by atoms with Crippen LogP contribution in [0.3, 0.4) is 0 Å². The summed E-state index contributed by atoms with van der Waals surface area (Å²) in [6.45, 7) is 4.88. The van der Waals surface area contributed by atoms with Gasteiger partial charge < -0.3 is 30.9 Å². The fourth-order valence-corrected chi connectivity index (χ4v) is 7.97. The van der Waals surface area contributed by atoms with Gasteiger partial charge in [-0.3, -0.25) is 19.2 Å². The molecule has 43 heavy (non-hydrogen) atoms. The number of nitrogens with one attached hydrogen (secondary N) is 4. The van der Waals surface area contributed by atoms with Gasteiger partial charge in [-0.05, 0) is 56.0 Å². The smallest absolute Gasteiger partial charge is 0.247 e. The summed E-state index contributed by atoms with van der Waals surface area (Å²) in [4.78, 5) is 53.3. The van der Waals surface area contributed by atoms with Gasteiger partial charge in [-0.25, -0.2) is 0 Å². The number of amides is 4. The Labute approximate surface area is 261 Å². The summed E-state index contributed by atoms with van der Waals surface area (Å²) in [5, 5.41) is 11.4. The number of likely N-dealkylation sites (N-methyl/N-ethyl adjacent to an activating group) is 1. The van der Waals surface area contributed by atoms with Crippen LogP contribution in [0.2, 0.25) is 0 Å². The molecule has 2 unspecified atom stereocenters. The van der Waals surface area contributed by atoms with Crippen molar-refractivity contribution in [2.75, 3.05) is 30.8 Å². The number of nitrogens with zero attached hydrogens (tertiary/aromatic N) is 1. The normalized spacial score (nSPS) is 21.0. The number of benzene rings is 2. The summed E-state index contributed by atoms with van der Waals surface area (Å²) in [5.74, 6) is -0.360. The zero-order chi connectivity index (χ0) is 30.8.